The highest BCUT2D eigenvalue weighted by Crippen LogP contribution is 2.38. The summed E-state index contributed by atoms with van der Waals surface area (Å²) in [5.74, 6) is 0.0176. The molecule has 220 valence electrons. The molecular formula is C34H40N2O5Si. The summed E-state index contributed by atoms with van der Waals surface area (Å²) in [7, 11) is -2.08. The van der Waals surface area contributed by atoms with Gasteiger partial charge in [0.2, 0.25) is 5.89 Å². The van der Waals surface area contributed by atoms with Crippen LogP contribution in [-0.2, 0) is 27.1 Å². The lowest BCUT2D eigenvalue weighted by Gasteiger charge is -2.37. The molecule has 1 aromatic heterocycles. The fraction of sp³-hybridized carbons (Fsp3) is 0.353. The number of rotatable bonds is 11. The lowest BCUT2D eigenvalue weighted by molar-refractivity contribution is -0.0628. The number of nitrogens with zero attached hydrogens (tertiary/aromatic N) is 2. The molecule has 7 nitrogen and oxygen atoms in total. The molecule has 0 unspecified atom stereocenters. The Hall–Kier alpha value is -3.56. The number of aromatic hydroxyl groups is 1. The van der Waals surface area contributed by atoms with Crippen molar-refractivity contribution in [2.24, 2.45) is 4.99 Å². The van der Waals surface area contributed by atoms with E-state index in [1.54, 1.807) is 0 Å². The van der Waals surface area contributed by atoms with Crippen molar-refractivity contribution < 1.29 is 23.4 Å². The van der Waals surface area contributed by atoms with Gasteiger partial charge in [0.25, 0.3) is 0 Å². The third-order valence-electron chi connectivity index (χ3n) is 8.10. The summed E-state index contributed by atoms with van der Waals surface area (Å²) in [6.45, 7) is 12.2. The van der Waals surface area contributed by atoms with Crippen LogP contribution >= 0.6 is 0 Å². The summed E-state index contributed by atoms with van der Waals surface area (Å²) in [4.78, 5) is 9.77. The summed E-state index contributed by atoms with van der Waals surface area (Å²) in [5.41, 5.74) is 3.59. The van der Waals surface area contributed by atoms with Crippen molar-refractivity contribution in [3.8, 4) is 17.4 Å². The molecule has 0 spiro atoms. The van der Waals surface area contributed by atoms with Gasteiger partial charge in [-0.05, 0) is 41.4 Å². The molecule has 0 fully saturated rings. The second kappa shape index (κ2) is 12.7. The maximum atomic E-state index is 11.0. The minimum absolute atomic E-state index is 0.0384. The number of ether oxygens (including phenoxy) is 2. The number of hydrogen-bond donors (Lipinski definition) is 1. The fourth-order valence-corrected chi connectivity index (χ4v) is 5.62. The molecule has 0 saturated carbocycles. The topological polar surface area (TPSA) is 86.3 Å². The minimum atomic E-state index is -2.08. The Morgan fingerprint density at radius 2 is 1.36 bits per heavy atom. The van der Waals surface area contributed by atoms with E-state index in [1.165, 1.54) is 0 Å². The molecule has 0 saturated heterocycles. The van der Waals surface area contributed by atoms with Gasteiger partial charge in [-0.25, -0.2) is 4.98 Å². The Morgan fingerprint density at radius 3 is 1.93 bits per heavy atom. The molecule has 8 heteroatoms. The van der Waals surface area contributed by atoms with Gasteiger partial charge in [0.15, 0.2) is 14.0 Å². The van der Waals surface area contributed by atoms with Gasteiger partial charge in [-0.2, -0.15) is 0 Å². The van der Waals surface area contributed by atoms with Crippen LogP contribution in [0, 0.1) is 0 Å². The average molecular weight is 585 g/mol. The molecule has 1 N–H and O–H groups in total. The highest BCUT2D eigenvalue weighted by molar-refractivity contribution is 6.74. The Labute approximate surface area is 249 Å². The molecule has 0 amide bonds. The van der Waals surface area contributed by atoms with Crippen LogP contribution in [0.4, 0.5) is 0 Å². The van der Waals surface area contributed by atoms with Crippen molar-refractivity contribution in [2.45, 2.75) is 70.4 Å². The minimum Gasteiger partial charge on any atom is -0.479 e. The number of aromatic nitrogens is 1. The highest BCUT2D eigenvalue weighted by atomic mass is 28.4. The van der Waals surface area contributed by atoms with Crippen LogP contribution in [0.1, 0.15) is 37.6 Å². The Balaban J connectivity index is 1.50. The van der Waals surface area contributed by atoms with E-state index in [0.29, 0.717) is 31.4 Å². The zero-order valence-corrected chi connectivity index (χ0v) is 26.0. The van der Waals surface area contributed by atoms with Crippen LogP contribution in [0.3, 0.4) is 0 Å². The number of hydrogen-bond acceptors (Lipinski definition) is 7. The molecule has 1 aliphatic heterocycles. The van der Waals surface area contributed by atoms with Crippen molar-refractivity contribution in [3.63, 3.8) is 0 Å². The normalized spacial score (nSPS) is 19.2. The molecule has 4 aromatic rings. The van der Waals surface area contributed by atoms with E-state index in [4.69, 9.17) is 23.3 Å². The van der Waals surface area contributed by atoms with Crippen LogP contribution in [-0.4, -0.2) is 49.0 Å². The smallest absolute Gasteiger partial charge is 0.312 e. The van der Waals surface area contributed by atoms with Crippen LogP contribution in [0.25, 0.3) is 11.5 Å². The van der Waals surface area contributed by atoms with Gasteiger partial charge >= 0.3 is 5.95 Å². The third-order valence-corrected chi connectivity index (χ3v) is 12.6. The van der Waals surface area contributed by atoms with Crippen molar-refractivity contribution in [3.05, 3.63) is 108 Å². The zero-order chi connectivity index (χ0) is 29.7. The largest absolute Gasteiger partial charge is 0.479 e. The van der Waals surface area contributed by atoms with Crippen LogP contribution < -0.4 is 0 Å². The first-order valence-electron chi connectivity index (χ1n) is 14.4. The quantitative estimate of drug-likeness (QED) is 0.185. The van der Waals surface area contributed by atoms with Gasteiger partial charge in [0, 0.05) is 5.56 Å². The lowest BCUT2D eigenvalue weighted by Crippen LogP contribution is -2.45. The number of oxazole rings is 1. The molecule has 0 bridgehead atoms. The molecule has 3 aromatic carbocycles. The molecule has 3 atom stereocenters. The summed E-state index contributed by atoms with van der Waals surface area (Å²) in [6, 6.07) is 29.2. The molecule has 2 heterocycles. The number of aliphatic imine (C=N–C) groups is 1. The first kappa shape index (κ1) is 29.9. The van der Waals surface area contributed by atoms with Gasteiger partial charge in [-0.1, -0.05) is 99.6 Å². The first-order chi connectivity index (χ1) is 20.1. The van der Waals surface area contributed by atoms with Crippen molar-refractivity contribution >= 4 is 14.0 Å². The molecule has 42 heavy (non-hydrogen) atoms. The second-order valence-corrected chi connectivity index (χ2v) is 17.0. The van der Waals surface area contributed by atoms with E-state index in [-0.39, 0.29) is 22.7 Å². The van der Waals surface area contributed by atoms with Gasteiger partial charge < -0.3 is 23.4 Å². The molecular weight excluding hydrogens is 544 g/mol. The predicted octanol–water partition coefficient (Wildman–Crippen LogP) is 7.41. The maximum Gasteiger partial charge on any atom is 0.312 e. The summed E-state index contributed by atoms with van der Waals surface area (Å²) < 4.78 is 25.5. The van der Waals surface area contributed by atoms with E-state index in [0.717, 1.165) is 16.7 Å². The summed E-state index contributed by atoms with van der Waals surface area (Å²) in [5, 5.41) is 11.0. The van der Waals surface area contributed by atoms with Gasteiger partial charge in [0.05, 0.1) is 19.8 Å². The lowest BCUT2D eigenvalue weighted by atomic mass is 10.0. The first-order valence-corrected chi connectivity index (χ1v) is 17.3. The van der Waals surface area contributed by atoms with E-state index in [2.05, 4.69) is 38.8 Å². The van der Waals surface area contributed by atoms with Crippen LogP contribution in [0.5, 0.6) is 5.95 Å². The molecule has 0 radical (unpaired) electrons. The fourth-order valence-electron chi connectivity index (χ4n) is 4.60. The van der Waals surface area contributed by atoms with Crippen LogP contribution in [0.2, 0.25) is 18.1 Å². The number of benzene rings is 3. The molecule has 0 aliphatic carbocycles. The average Bonchev–Trinajstić information content (AvgIpc) is 3.54. The predicted molar refractivity (Wildman–Crippen MR) is 167 cm³/mol. The van der Waals surface area contributed by atoms with Gasteiger partial charge in [0.1, 0.15) is 24.0 Å². The van der Waals surface area contributed by atoms with E-state index < -0.39 is 20.5 Å². The van der Waals surface area contributed by atoms with Crippen molar-refractivity contribution in [2.75, 3.05) is 6.61 Å². The summed E-state index contributed by atoms with van der Waals surface area (Å²) in [6.07, 6.45) is -1.08. The van der Waals surface area contributed by atoms with E-state index in [9.17, 15) is 5.11 Å². The maximum absolute atomic E-state index is 11.0. The molecule has 1 aliphatic rings. The Morgan fingerprint density at radius 1 is 0.810 bits per heavy atom. The standard InChI is InChI=1S/C34H40N2O5Si/c1-34(2,3)42(4,5)40-23-27-30(38-21-24-15-9-6-10-16-24)31(39-22-25-17-11-7-12-18-25)28(35-27)29-33(37)41-32(36-29)26-19-13-8-14-20-26/h6-20,27,30-31,37H,21-23H2,1-5H3/t27-,30+,31+/m0/s1. The van der Waals surface area contributed by atoms with E-state index in [1.807, 2.05) is 91.0 Å². The Bertz CT molecular complexity index is 1470. The third kappa shape index (κ3) is 6.90. The second-order valence-electron chi connectivity index (χ2n) is 12.2. The molecule has 5 rings (SSSR count). The van der Waals surface area contributed by atoms with Gasteiger partial charge in [-0.3, -0.25) is 4.99 Å². The zero-order valence-electron chi connectivity index (χ0n) is 25.0. The highest BCUT2D eigenvalue weighted by Gasteiger charge is 2.46. The Kier molecular flexibility index (Phi) is 9.08. The van der Waals surface area contributed by atoms with Crippen LogP contribution in [0.15, 0.2) is 100 Å². The van der Waals surface area contributed by atoms with E-state index >= 15 is 0 Å². The summed E-state index contributed by atoms with van der Waals surface area (Å²) >= 11 is 0. The van der Waals surface area contributed by atoms with Crippen molar-refractivity contribution in [1.29, 1.82) is 0 Å². The SMILES string of the molecule is CC(C)(C)[Si](C)(C)OC[C@@H]1N=C(c2nc(-c3ccccc3)oc2O)[C@@H](OCc2ccccc2)[C@@H]1OCc1ccccc1. The monoisotopic (exact) mass is 584 g/mol. The van der Waals surface area contributed by atoms with Gasteiger partial charge in [-0.15, -0.1) is 0 Å². The van der Waals surface area contributed by atoms with Crippen molar-refractivity contribution in [1.82, 2.24) is 4.98 Å².